The van der Waals surface area contributed by atoms with Gasteiger partial charge in [-0.2, -0.15) is 0 Å². The van der Waals surface area contributed by atoms with Gasteiger partial charge in [-0.15, -0.1) is 0 Å². The zero-order valence-corrected chi connectivity index (χ0v) is 9.96. The van der Waals surface area contributed by atoms with Crippen LogP contribution in [0, 0.1) is 17.6 Å². The minimum absolute atomic E-state index is 0.0613. The van der Waals surface area contributed by atoms with Crippen LogP contribution in [0.25, 0.3) is 0 Å². The molecule has 0 saturated heterocycles. The second-order valence-corrected chi connectivity index (χ2v) is 4.05. The van der Waals surface area contributed by atoms with Crippen LogP contribution in [-0.2, 0) is 9.53 Å². The lowest BCUT2D eigenvalue weighted by atomic mass is 10.0. The minimum atomic E-state index is -0.695. The molecule has 1 N–H and O–H groups in total. The highest BCUT2D eigenvalue weighted by Crippen LogP contribution is 2.17. The topological polar surface area (TPSA) is 38.3 Å². The monoisotopic (exact) mass is 243 g/mol. The highest BCUT2D eigenvalue weighted by atomic mass is 19.1. The number of esters is 1. The lowest BCUT2D eigenvalue weighted by Gasteiger charge is -2.20. The average molecular weight is 243 g/mol. The van der Waals surface area contributed by atoms with Crippen LogP contribution in [0.2, 0.25) is 0 Å². The van der Waals surface area contributed by atoms with Crippen molar-refractivity contribution < 1.29 is 18.3 Å². The third-order valence-electron chi connectivity index (χ3n) is 2.31. The highest BCUT2D eigenvalue weighted by molar-refractivity contribution is 5.79. The van der Waals surface area contributed by atoms with Crippen LogP contribution in [0.15, 0.2) is 18.2 Å². The molecule has 5 heteroatoms. The van der Waals surface area contributed by atoms with Gasteiger partial charge in [0.15, 0.2) is 0 Å². The molecule has 0 amide bonds. The molecular weight excluding hydrogens is 228 g/mol. The number of methoxy groups -OCH3 is 1. The van der Waals surface area contributed by atoms with E-state index in [1.807, 2.05) is 13.8 Å². The number of anilines is 1. The Kier molecular flexibility index (Phi) is 4.43. The molecule has 1 atom stereocenters. The molecule has 0 spiro atoms. The van der Waals surface area contributed by atoms with Crippen LogP contribution in [0.1, 0.15) is 13.8 Å². The summed E-state index contributed by atoms with van der Waals surface area (Å²) in [5, 5.41) is 2.76. The van der Waals surface area contributed by atoms with E-state index in [0.717, 1.165) is 18.2 Å². The van der Waals surface area contributed by atoms with Gasteiger partial charge < -0.3 is 10.1 Å². The molecule has 3 nitrogen and oxygen atoms in total. The Hall–Kier alpha value is -1.65. The van der Waals surface area contributed by atoms with Crippen LogP contribution in [-0.4, -0.2) is 19.1 Å². The first-order valence-electron chi connectivity index (χ1n) is 5.24. The Bertz CT molecular complexity index is 387. The lowest BCUT2D eigenvalue weighted by Crippen LogP contribution is -2.35. The van der Waals surface area contributed by atoms with E-state index >= 15 is 0 Å². The Morgan fingerprint density at radius 3 is 2.18 bits per heavy atom. The fourth-order valence-corrected chi connectivity index (χ4v) is 1.44. The maximum Gasteiger partial charge on any atom is 0.328 e. The maximum atomic E-state index is 13.0. The third kappa shape index (κ3) is 3.69. The van der Waals surface area contributed by atoms with Gasteiger partial charge in [-0.3, -0.25) is 0 Å². The number of halogens is 2. The van der Waals surface area contributed by atoms with Crippen molar-refractivity contribution in [2.45, 2.75) is 19.9 Å². The number of carbonyl (C=O) groups excluding carboxylic acids is 1. The fourth-order valence-electron chi connectivity index (χ4n) is 1.44. The van der Waals surface area contributed by atoms with Crippen molar-refractivity contribution in [1.82, 2.24) is 0 Å². The van der Waals surface area contributed by atoms with Crippen molar-refractivity contribution in [2.75, 3.05) is 12.4 Å². The fraction of sp³-hybridized carbons (Fsp3) is 0.417. The number of benzene rings is 1. The normalized spacial score (nSPS) is 12.4. The maximum absolute atomic E-state index is 13.0. The second kappa shape index (κ2) is 5.61. The molecule has 1 aromatic carbocycles. The summed E-state index contributed by atoms with van der Waals surface area (Å²) in [6.45, 7) is 3.62. The molecule has 0 saturated carbocycles. The molecule has 94 valence electrons. The zero-order valence-electron chi connectivity index (χ0n) is 9.96. The van der Waals surface area contributed by atoms with Crippen LogP contribution in [0.3, 0.4) is 0 Å². The van der Waals surface area contributed by atoms with Crippen LogP contribution in [0.4, 0.5) is 14.5 Å². The first-order chi connectivity index (χ1) is 7.93. The SMILES string of the molecule is COC(=O)C(Nc1cc(F)cc(F)c1)C(C)C. The molecule has 1 unspecified atom stereocenters. The van der Waals surface area contributed by atoms with E-state index in [2.05, 4.69) is 10.1 Å². The minimum Gasteiger partial charge on any atom is -0.467 e. The Balaban J connectivity index is 2.89. The third-order valence-corrected chi connectivity index (χ3v) is 2.31. The first kappa shape index (κ1) is 13.4. The molecule has 0 aliphatic heterocycles. The van der Waals surface area contributed by atoms with Gasteiger partial charge in [-0.05, 0) is 18.1 Å². The van der Waals surface area contributed by atoms with Gasteiger partial charge in [0, 0.05) is 11.8 Å². The standard InChI is InChI=1S/C12H15F2NO2/c1-7(2)11(12(16)17-3)15-10-5-8(13)4-9(14)6-10/h4-7,11,15H,1-3H3. The summed E-state index contributed by atoms with van der Waals surface area (Å²) >= 11 is 0. The molecule has 1 rings (SSSR count). The summed E-state index contributed by atoms with van der Waals surface area (Å²) < 4.78 is 30.6. The molecular formula is C12H15F2NO2. The Labute approximate surface area is 98.8 Å². The van der Waals surface area contributed by atoms with Gasteiger partial charge in [-0.1, -0.05) is 13.8 Å². The number of nitrogens with one attached hydrogen (secondary N) is 1. The predicted molar refractivity (Wildman–Crippen MR) is 60.6 cm³/mol. The number of hydrogen-bond acceptors (Lipinski definition) is 3. The summed E-state index contributed by atoms with van der Waals surface area (Å²) in [6.07, 6.45) is 0. The molecule has 0 bridgehead atoms. The quantitative estimate of drug-likeness (QED) is 0.826. The van der Waals surface area contributed by atoms with Crippen molar-refractivity contribution in [3.8, 4) is 0 Å². The van der Waals surface area contributed by atoms with E-state index < -0.39 is 23.6 Å². The zero-order chi connectivity index (χ0) is 13.0. The summed E-state index contributed by atoms with van der Waals surface area (Å²) in [5.41, 5.74) is 0.214. The van der Waals surface area contributed by atoms with Crippen molar-refractivity contribution in [2.24, 2.45) is 5.92 Å². The lowest BCUT2D eigenvalue weighted by molar-refractivity contribution is -0.142. The van der Waals surface area contributed by atoms with Gasteiger partial charge in [0.25, 0.3) is 0 Å². The van der Waals surface area contributed by atoms with Crippen LogP contribution in [0.5, 0.6) is 0 Å². The van der Waals surface area contributed by atoms with Crippen molar-refractivity contribution in [1.29, 1.82) is 0 Å². The van der Waals surface area contributed by atoms with E-state index in [-0.39, 0.29) is 11.6 Å². The van der Waals surface area contributed by atoms with Crippen molar-refractivity contribution in [3.63, 3.8) is 0 Å². The first-order valence-corrected chi connectivity index (χ1v) is 5.24. The molecule has 0 radical (unpaired) electrons. The van der Waals surface area contributed by atoms with Crippen LogP contribution >= 0.6 is 0 Å². The molecule has 1 aromatic rings. The molecule has 0 fully saturated rings. The molecule has 0 aliphatic rings. The van der Waals surface area contributed by atoms with E-state index in [9.17, 15) is 13.6 Å². The van der Waals surface area contributed by atoms with Crippen molar-refractivity contribution in [3.05, 3.63) is 29.8 Å². The summed E-state index contributed by atoms with van der Waals surface area (Å²) in [7, 11) is 1.27. The van der Waals surface area contributed by atoms with Gasteiger partial charge in [0.1, 0.15) is 17.7 Å². The number of rotatable bonds is 4. The predicted octanol–water partition coefficient (Wildman–Crippen LogP) is 2.57. The largest absolute Gasteiger partial charge is 0.467 e. The number of ether oxygens (including phenoxy) is 1. The molecule has 0 aliphatic carbocycles. The van der Waals surface area contributed by atoms with E-state index in [1.54, 1.807) is 0 Å². The van der Waals surface area contributed by atoms with Gasteiger partial charge in [0.05, 0.1) is 7.11 Å². The molecule has 0 heterocycles. The van der Waals surface area contributed by atoms with E-state index in [4.69, 9.17) is 0 Å². The highest BCUT2D eigenvalue weighted by Gasteiger charge is 2.22. The van der Waals surface area contributed by atoms with E-state index in [1.165, 1.54) is 7.11 Å². The second-order valence-electron chi connectivity index (χ2n) is 4.05. The summed E-state index contributed by atoms with van der Waals surface area (Å²) in [4.78, 5) is 11.5. The van der Waals surface area contributed by atoms with E-state index in [0.29, 0.717) is 0 Å². The smallest absolute Gasteiger partial charge is 0.328 e. The Morgan fingerprint density at radius 1 is 1.24 bits per heavy atom. The average Bonchev–Trinajstić information content (AvgIpc) is 2.23. The molecule has 0 aromatic heterocycles. The summed E-state index contributed by atoms with van der Waals surface area (Å²) in [5.74, 6) is -1.92. The van der Waals surface area contributed by atoms with Crippen LogP contribution < -0.4 is 5.32 Å². The summed E-state index contributed by atoms with van der Waals surface area (Å²) in [6, 6.07) is 2.39. The number of carbonyl (C=O) groups is 1. The number of hydrogen-bond donors (Lipinski definition) is 1. The van der Waals surface area contributed by atoms with Crippen molar-refractivity contribution >= 4 is 11.7 Å². The van der Waals surface area contributed by atoms with Gasteiger partial charge >= 0.3 is 5.97 Å². The molecule has 17 heavy (non-hydrogen) atoms. The Morgan fingerprint density at radius 2 is 1.76 bits per heavy atom. The van der Waals surface area contributed by atoms with Gasteiger partial charge in [-0.25, -0.2) is 13.6 Å². The van der Waals surface area contributed by atoms with Gasteiger partial charge in [0.2, 0.25) is 0 Å².